The molecule has 0 saturated carbocycles. The summed E-state index contributed by atoms with van der Waals surface area (Å²) in [4.78, 5) is 23.8. The Morgan fingerprint density at radius 2 is 1.68 bits per heavy atom. The number of aliphatic hydroxyl groups is 1. The highest BCUT2D eigenvalue weighted by atomic mass is 16.6. The predicted molar refractivity (Wildman–Crippen MR) is 107 cm³/mol. The molecule has 1 unspecified atom stereocenters. The summed E-state index contributed by atoms with van der Waals surface area (Å²) in [7, 11) is 0. The molecule has 0 saturated heterocycles. The van der Waals surface area contributed by atoms with Crippen molar-refractivity contribution in [3.63, 3.8) is 0 Å². The van der Waals surface area contributed by atoms with Crippen LogP contribution in [0.3, 0.4) is 0 Å². The maximum atomic E-state index is 12.4. The number of carbonyl (C=O) groups is 2. The Labute approximate surface area is 165 Å². The van der Waals surface area contributed by atoms with Gasteiger partial charge < -0.3 is 19.9 Å². The molecule has 0 aliphatic carbocycles. The first-order valence-corrected chi connectivity index (χ1v) is 9.09. The first-order valence-electron chi connectivity index (χ1n) is 9.09. The number of aliphatic hydroxyl groups excluding tert-OH is 1. The fourth-order valence-electron chi connectivity index (χ4n) is 2.42. The fourth-order valence-corrected chi connectivity index (χ4v) is 2.42. The molecule has 0 amide bonds. The van der Waals surface area contributed by atoms with E-state index in [1.807, 2.05) is 39.8 Å². The van der Waals surface area contributed by atoms with Gasteiger partial charge >= 0.3 is 11.9 Å². The molecule has 0 aliphatic rings. The lowest BCUT2D eigenvalue weighted by molar-refractivity contribution is -0.132. The molecule has 0 aromatic heterocycles. The minimum Gasteiger partial charge on any atom is -0.423 e. The van der Waals surface area contributed by atoms with Crippen LogP contribution < -0.4 is 14.8 Å². The standard InChI is InChI=1S/C22H27NO5/c1-14-6-8-16(9-7-14)21(26)28-19-11-10-17(12-20(19)27-15(2)24)18(25)13-23-22(3,4)5/h6-12,18,23,25H,13H2,1-5H3. The van der Waals surface area contributed by atoms with Crippen LogP contribution >= 0.6 is 0 Å². The number of aryl methyl sites for hydroxylation is 1. The highest BCUT2D eigenvalue weighted by molar-refractivity contribution is 5.91. The highest BCUT2D eigenvalue weighted by Gasteiger charge is 2.18. The molecule has 2 N–H and O–H groups in total. The van der Waals surface area contributed by atoms with Crippen molar-refractivity contribution in [1.82, 2.24) is 5.32 Å². The zero-order valence-electron chi connectivity index (χ0n) is 16.9. The second kappa shape index (κ2) is 8.99. The molecular formula is C22H27NO5. The van der Waals surface area contributed by atoms with Crippen molar-refractivity contribution in [3.8, 4) is 11.5 Å². The second-order valence-corrected chi connectivity index (χ2v) is 7.70. The minimum absolute atomic E-state index is 0.0836. The Morgan fingerprint density at radius 1 is 1.04 bits per heavy atom. The molecule has 0 aliphatic heterocycles. The number of nitrogens with one attached hydrogen (secondary N) is 1. The molecule has 28 heavy (non-hydrogen) atoms. The van der Waals surface area contributed by atoms with E-state index in [-0.39, 0.29) is 17.0 Å². The molecule has 6 heteroatoms. The Hall–Kier alpha value is -2.70. The molecule has 150 valence electrons. The maximum absolute atomic E-state index is 12.4. The third-order valence-electron chi connectivity index (χ3n) is 3.92. The SMILES string of the molecule is CC(=O)Oc1cc(C(O)CNC(C)(C)C)ccc1OC(=O)c1ccc(C)cc1. The van der Waals surface area contributed by atoms with Crippen LogP contribution in [0.15, 0.2) is 42.5 Å². The van der Waals surface area contributed by atoms with Crippen molar-refractivity contribution < 1.29 is 24.2 Å². The molecule has 1 atom stereocenters. The summed E-state index contributed by atoms with van der Waals surface area (Å²) in [6.07, 6.45) is -0.810. The van der Waals surface area contributed by atoms with Gasteiger partial charge in [-0.25, -0.2) is 4.79 Å². The molecular weight excluding hydrogens is 358 g/mol. The second-order valence-electron chi connectivity index (χ2n) is 7.70. The van der Waals surface area contributed by atoms with Gasteiger partial charge in [0.25, 0.3) is 0 Å². The average Bonchev–Trinajstić information content (AvgIpc) is 2.60. The van der Waals surface area contributed by atoms with E-state index in [0.29, 0.717) is 17.7 Å². The van der Waals surface area contributed by atoms with Crippen molar-refractivity contribution in [1.29, 1.82) is 0 Å². The molecule has 2 rings (SSSR count). The Bertz CT molecular complexity index is 837. The van der Waals surface area contributed by atoms with Crippen LogP contribution in [0.4, 0.5) is 0 Å². The quantitative estimate of drug-likeness (QED) is 0.584. The van der Waals surface area contributed by atoms with E-state index in [1.165, 1.54) is 19.1 Å². The van der Waals surface area contributed by atoms with Crippen LogP contribution in [0.5, 0.6) is 11.5 Å². The number of hydrogen-bond acceptors (Lipinski definition) is 6. The number of β-amino-alcohol motifs (C(OH)–C–C–N with tert-alkyl or cyclic N) is 1. The number of hydrogen-bond donors (Lipinski definition) is 2. The molecule has 0 radical (unpaired) electrons. The maximum Gasteiger partial charge on any atom is 0.343 e. The monoisotopic (exact) mass is 385 g/mol. The summed E-state index contributed by atoms with van der Waals surface area (Å²) < 4.78 is 10.6. The highest BCUT2D eigenvalue weighted by Crippen LogP contribution is 2.31. The zero-order valence-corrected chi connectivity index (χ0v) is 16.9. The third-order valence-corrected chi connectivity index (χ3v) is 3.92. The van der Waals surface area contributed by atoms with E-state index < -0.39 is 18.0 Å². The minimum atomic E-state index is -0.810. The van der Waals surface area contributed by atoms with Gasteiger partial charge in [0.05, 0.1) is 11.7 Å². The van der Waals surface area contributed by atoms with Gasteiger partial charge in [-0.3, -0.25) is 4.79 Å². The van der Waals surface area contributed by atoms with E-state index in [0.717, 1.165) is 5.56 Å². The van der Waals surface area contributed by atoms with Crippen LogP contribution in [0.2, 0.25) is 0 Å². The van der Waals surface area contributed by atoms with E-state index in [4.69, 9.17) is 9.47 Å². The van der Waals surface area contributed by atoms with Gasteiger partial charge in [-0.1, -0.05) is 23.8 Å². The third kappa shape index (κ3) is 6.48. The van der Waals surface area contributed by atoms with E-state index in [1.54, 1.807) is 18.2 Å². The molecule has 0 bridgehead atoms. The average molecular weight is 385 g/mol. The lowest BCUT2D eigenvalue weighted by Gasteiger charge is -2.23. The van der Waals surface area contributed by atoms with Crippen LogP contribution in [0.1, 0.15) is 55.3 Å². The van der Waals surface area contributed by atoms with Crippen LogP contribution in [-0.2, 0) is 4.79 Å². The summed E-state index contributed by atoms with van der Waals surface area (Å²) in [5, 5.41) is 13.6. The molecule has 2 aromatic rings. The normalized spacial score (nSPS) is 12.4. The van der Waals surface area contributed by atoms with Gasteiger partial charge in [-0.15, -0.1) is 0 Å². The fraction of sp³-hybridized carbons (Fsp3) is 0.364. The summed E-state index contributed by atoms with van der Waals surface area (Å²) in [5.74, 6) is -0.913. The van der Waals surface area contributed by atoms with Crippen molar-refractivity contribution in [3.05, 3.63) is 59.2 Å². The van der Waals surface area contributed by atoms with E-state index in [2.05, 4.69) is 5.32 Å². The number of ether oxygens (including phenoxy) is 2. The number of carbonyl (C=O) groups excluding carboxylic acids is 2. The van der Waals surface area contributed by atoms with Crippen LogP contribution in [-0.4, -0.2) is 29.1 Å². The van der Waals surface area contributed by atoms with E-state index >= 15 is 0 Å². The first-order chi connectivity index (χ1) is 13.0. The summed E-state index contributed by atoms with van der Waals surface area (Å²) >= 11 is 0. The Balaban J connectivity index is 2.22. The lowest BCUT2D eigenvalue weighted by atomic mass is 10.1. The van der Waals surface area contributed by atoms with Gasteiger partial charge in [0.15, 0.2) is 11.5 Å². The van der Waals surface area contributed by atoms with Gasteiger partial charge in [0.1, 0.15) is 0 Å². The molecule has 0 heterocycles. The topological polar surface area (TPSA) is 84.9 Å². The lowest BCUT2D eigenvalue weighted by Crippen LogP contribution is -2.38. The Morgan fingerprint density at radius 3 is 2.25 bits per heavy atom. The predicted octanol–water partition coefficient (Wildman–Crippen LogP) is 3.56. The number of benzene rings is 2. The van der Waals surface area contributed by atoms with Crippen molar-refractivity contribution in [2.45, 2.75) is 46.3 Å². The van der Waals surface area contributed by atoms with Crippen molar-refractivity contribution >= 4 is 11.9 Å². The van der Waals surface area contributed by atoms with Gasteiger partial charge in [-0.05, 0) is 57.5 Å². The van der Waals surface area contributed by atoms with Crippen molar-refractivity contribution in [2.75, 3.05) is 6.54 Å². The first kappa shape index (κ1) is 21.6. The summed E-state index contributed by atoms with van der Waals surface area (Å²) in [5.41, 5.74) is 1.81. The van der Waals surface area contributed by atoms with Gasteiger partial charge in [0.2, 0.25) is 0 Å². The van der Waals surface area contributed by atoms with Crippen molar-refractivity contribution in [2.24, 2.45) is 0 Å². The largest absolute Gasteiger partial charge is 0.423 e. The smallest absolute Gasteiger partial charge is 0.343 e. The Kier molecular flexibility index (Phi) is 6.94. The molecule has 6 nitrogen and oxygen atoms in total. The zero-order chi connectivity index (χ0) is 20.9. The number of rotatable bonds is 6. The van der Waals surface area contributed by atoms with Crippen LogP contribution in [0.25, 0.3) is 0 Å². The number of esters is 2. The van der Waals surface area contributed by atoms with Gasteiger partial charge in [-0.2, -0.15) is 0 Å². The summed E-state index contributed by atoms with van der Waals surface area (Å²) in [6, 6.07) is 11.6. The molecule has 2 aromatic carbocycles. The van der Waals surface area contributed by atoms with Crippen LogP contribution in [0, 0.1) is 6.92 Å². The molecule has 0 spiro atoms. The van der Waals surface area contributed by atoms with Gasteiger partial charge in [0, 0.05) is 19.0 Å². The summed E-state index contributed by atoms with van der Waals surface area (Å²) in [6.45, 7) is 9.50. The molecule has 0 fully saturated rings. The van der Waals surface area contributed by atoms with E-state index in [9.17, 15) is 14.7 Å².